The van der Waals surface area contributed by atoms with Gasteiger partial charge in [-0.3, -0.25) is 0 Å². The molecule has 1 N–H and O–H groups in total. The van der Waals surface area contributed by atoms with E-state index in [-0.39, 0.29) is 16.2 Å². The minimum atomic E-state index is -0.0606. The maximum atomic E-state index is 6.34. The van der Waals surface area contributed by atoms with Crippen molar-refractivity contribution in [2.45, 2.75) is 73.6 Å². The lowest BCUT2D eigenvalue weighted by molar-refractivity contribution is 0.364. The largest absolute Gasteiger partial charge is 0.456 e. The quantitative estimate of drug-likeness (QED) is 0.189. The molecule has 6 aromatic rings. The van der Waals surface area contributed by atoms with Gasteiger partial charge < -0.3 is 9.73 Å². The summed E-state index contributed by atoms with van der Waals surface area (Å²) < 4.78 is 6.34. The molecule has 4 aliphatic carbocycles. The van der Waals surface area contributed by atoms with Gasteiger partial charge in [0.15, 0.2) is 0 Å². The summed E-state index contributed by atoms with van der Waals surface area (Å²) in [5.41, 5.74) is 20.3. The average molecular weight is 770 g/mol. The molecule has 2 atom stereocenters. The summed E-state index contributed by atoms with van der Waals surface area (Å²) in [4.78, 5) is 0. The van der Waals surface area contributed by atoms with Gasteiger partial charge in [-0.1, -0.05) is 170 Å². The molecule has 0 radical (unpaired) electrons. The van der Waals surface area contributed by atoms with Gasteiger partial charge in [-0.2, -0.15) is 0 Å². The molecule has 294 valence electrons. The molecule has 5 aromatic carbocycles. The third-order valence-electron chi connectivity index (χ3n) is 13.7. The Morgan fingerprint density at radius 3 is 2.22 bits per heavy atom. The van der Waals surface area contributed by atoms with Crippen molar-refractivity contribution in [1.29, 1.82) is 0 Å². The normalized spacial score (nSPS) is 19.6. The van der Waals surface area contributed by atoms with Crippen LogP contribution in [0.1, 0.15) is 84.9 Å². The third-order valence-corrected chi connectivity index (χ3v) is 13.7. The lowest BCUT2D eigenvalue weighted by atomic mass is 9.65. The van der Waals surface area contributed by atoms with Crippen LogP contribution in [0.25, 0.3) is 55.3 Å². The second-order valence-electron chi connectivity index (χ2n) is 19.8. The van der Waals surface area contributed by atoms with Crippen molar-refractivity contribution in [3.05, 3.63) is 179 Å². The van der Waals surface area contributed by atoms with Crippen LogP contribution in [0.5, 0.6) is 0 Å². The van der Waals surface area contributed by atoms with Crippen LogP contribution in [-0.4, -0.2) is 0 Å². The van der Waals surface area contributed by atoms with E-state index < -0.39 is 0 Å². The Hall–Kier alpha value is -5.86. The fourth-order valence-corrected chi connectivity index (χ4v) is 10.3. The van der Waals surface area contributed by atoms with Crippen LogP contribution in [0, 0.1) is 22.7 Å². The molecular formula is C57H55NO. The lowest BCUT2D eigenvalue weighted by Crippen LogP contribution is -2.30. The average Bonchev–Trinajstić information content (AvgIpc) is 3.71. The number of furan rings is 1. The number of anilines is 2. The van der Waals surface area contributed by atoms with Gasteiger partial charge in [0.05, 0.1) is 0 Å². The summed E-state index contributed by atoms with van der Waals surface area (Å²) >= 11 is 0. The molecule has 0 saturated heterocycles. The van der Waals surface area contributed by atoms with Crippen LogP contribution in [0.15, 0.2) is 167 Å². The van der Waals surface area contributed by atoms with E-state index in [1.807, 2.05) is 0 Å². The Morgan fingerprint density at radius 1 is 0.678 bits per heavy atom. The zero-order valence-corrected chi connectivity index (χ0v) is 35.8. The highest BCUT2D eigenvalue weighted by Gasteiger charge is 2.49. The fraction of sp³-hybridized carbons (Fsp3) is 0.263. The number of hydrogen-bond acceptors (Lipinski definition) is 2. The molecule has 0 spiro atoms. The van der Waals surface area contributed by atoms with Crippen LogP contribution in [0.4, 0.5) is 11.4 Å². The summed E-state index contributed by atoms with van der Waals surface area (Å²) in [6.07, 6.45) is 18.3. The maximum absolute atomic E-state index is 6.34. The first-order valence-corrected chi connectivity index (χ1v) is 21.5. The Kier molecular flexibility index (Phi) is 8.62. The number of allylic oxidation sites excluding steroid dienone is 12. The standard InChI is InChI=1S/C57H55NO/c1-55(2,3)40-33-47(56(4,5)6)53-48(34-40)57(7,8)46-29-28-42(39-25-30-51-45(32-39)43-17-12-14-20-50(43)59-51)52(54(46)53)44-18-11-13-19-49(44)58-41-26-23-36(24-27-41)38-22-21-35-15-9-10-16-37(35)31-38/h9-20,22-33,35,48,58H,21,34H2,1-8H3. The van der Waals surface area contributed by atoms with E-state index in [9.17, 15) is 0 Å². The number of fused-ring (bicyclic) bond motifs is 7. The Morgan fingerprint density at radius 2 is 1.42 bits per heavy atom. The predicted molar refractivity (Wildman–Crippen MR) is 252 cm³/mol. The van der Waals surface area contributed by atoms with Crippen LogP contribution >= 0.6 is 0 Å². The number of benzene rings is 5. The molecule has 0 amide bonds. The van der Waals surface area contributed by atoms with Crippen molar-refractivity contribution >= 4 is 44.5 Å². The number of para-hydroxylation sites is 2. The molecule has 4 aliphatic rings. The van der Waals surface area contributed by atoms with Crippen LogP contribution in [0.2, 0.25) is 0 Å². The maximum Gasteiger partial charge on any atom is 0.135 e. The van der Waals surface area contributed by atoms with Crippen molar-refractivity contribution in [2.24, 2.45) is 22.7 Å². The number of rotatable bonds is 5. The minimum absolute atomic E-state index is 0.0435. The lowest BCUT2D eigenvalue weighted by Gasteiger charge is -2.39. The molecule has 1 aromatic heterocycles. The van der Waals surface area contributed by atoms with Gasteiger partial charge in [-0.25, -0.2) is 0 Å². The van der Waals surface area contributed by atoms with E-state index in [4.69, 9.17) is 4.42 Å². The third kappa shape index (κ3) is 6.31. The smallest absolute Gasteiger partial charge is 0.135 e. The van der Waals surface area contributed by atoms with Crippen LogP contribution < -0.4 is 5.32 Å². The van der Waals surface area contributed by atoms with E-state index in [1.165, 1.54) is 61.2 Å². The Labute approximate surface area is 350 Å². The van der Waals surface area contributed by atoms with Crippen LogP contribution in [0.3, 0.4) is 0 Å². The molecule has 10 rings (SSSR count). The number of nitrogens with one attached hydrogen (secondary N) is 1. The Bertz CT molecular complexity index is 2880. The Balaban J connectivity index is 1.17. The first kappa shape index (κ1) is 37.4. The summed E-state index contributed by atoms with van der Waals surface area (Å²) in [6.45, 7) is 19.4. The van der Waals surface area contributed by atoms with E-state index in [0.29, 0.717) is 11.8 Å². The first-order chi connectivity index (χ1) is 28.3. The first-order valence-electron chi connectivity index (χ1n) is 21.5. The molecule has 1 heterocycles. The summed E-state index contributed by atoms with van der Waals surface area (Å²) in [7, 11) is 0. The summed E-state index contributed by atoms with van der Waals surface area (Å²) in [6, 6.07) is 38.0. The van der Waals surface area contributed by atoms with Crippen LogP contribution in [-0.2, 0) is 5.41 Å². The molecule has 2 nitrogen and oxygen atoms in total. The number of hydrogen-bond donors (Lipinski definition) is 1. The van der Waals surface area contributed by atoms with E-state index in [2.05, 4.69) is 206 Å². The zero-order chi connectivity index (χ0) is 40.8. The van der Waals surface area contributed by atoms with Gasteiger partial charge in [-0.05, 0) is 127 Å². The zero-order valence-electron chi connectivity index (χ0n) is 35.8. The topological polar surface area (TPSA) is 25.2 Å². The van der Waals surface area contributed by atoms with Gasteiger partial charge in [0, 0.05) is 33.6 Å². The molecular weight excluding hydrogens is 715 g/mol. The van der Waals surface area contributed by atoms with Gasteiger partial charge in [0.1, 0.15) is 11.2 Å². The SMILES string of the molecule is CC(C)(C)C1=CC(C(C)(C)C)=C2c3c(ccc(-c4ccc5oc6ccccc6c5c4)c3-c3ccccc3Nc3ccc(C4=CCC5C=CC=CC5=C4)cc3)C(C)(C)C2C1. The highest BCUT2D eigenvalue weighted by atomic mass is 16.3. The second kappa shape index (κ2) is 13.6. The molecule has 2 unspecified atom stereocenters. The van der Waals surface area contributed by atoms with E-state index >= 15 is 0 Å². The molecule has 0 saturated carbocycles. The molecule has 0 aliphatic heterocycles. The second-order valence-corrected chi connectivity index (χ2v) is 19.8. The molecule has 0 bridgehead atoms. The van der Waals surface area contributed by atoms with Gasteiger partial charge in [0.25, 0.3) is 0 Å². The van der Waals surface area contributed by atoms with Gasteiger partial charge >= 0.3 is 0 Å². The van der Waals surface area contributed by atoms with E-state index in [0.717, 1.165) is 46.2 Å². The highest BCUT2D eigenvalue weighted by Crippen LogP contribution is 2.62. The minimum Gasteiger partial charge on any atom is -0.456 e. The van der Waals surface area contributed by atoms with Crippen molar-refractivity contribution in [1.82, 2.24) is 0 Å². The monoisotopic (exact) mass is 769 g/mol. The van der Waals surface area contributed by atoms with Crippen molar-refractivity contribution in [3.8, 4) is 22.3 Å². The molecule has 2 heteroatoms. The summed E-state index contributed by atoms with van der Waals surface area (Å²) in [5, 5.41) is 6.23. The predicted octanol–water partition coefficient (Wildman–Crippen LogP) is 16.2. The van der Waals surface area contributed by atoms with Crippen molar-refractivity contribution in [2.75, 3.05) is 5.32 Å². The van der Waals surface area contributed by atoms with Gasteiger partial charge in [-0.15, -0.1) is 0 Å². The highest BCUT2D eigenvalue weighted by molar-refractivity contribution is 6.08. The summed E-state index contributed by atoms with van der Waals surface area (Å²) in [5.74, 6) is 0.861. The van der Waals surface area contributed by atoms with Crippen molar-refractivity contribution < 1.29 is 4.42 Å². The molecule has 0 fully saturated rings. The van der Waals surface area contributed by atoms with E-state index in [1.54, 1.807) is 5.57 Å². The molecule has 59 heavy (non-hydrogen) atoms. The van der Waals surface area contributed by atoms with Gasteiger partial charge in [0.2, 0.25) is 0 Å². The van der Waals surface area contributed by atoms with Crippen molar-refractivity contribution in [3.63, 3.8) is 0 Å². The fourth-order valence-electron chi connectivity index (χ4n) is 10.3.